The number of non-ortho nitro benzene ring substituents is 1. The second kappa shape index (κ2) is 13.3. The first kappa shape index (κ1) is 26.8. The van der Waals surface area contributed by atoms with E-state index in [9.17, 15) is 34.4 Å². The molecule has 1 aromatic carbocycles. The standard InChI is InChI=1S/C21H29N5O8/c27-10-9-24-6-5-23(14-20(29)30)7-8-25(15-21(31)32)18(13-24)12-22-19(28)11-16-1-3-17(4-2-16)26(33)34/h1-4,10,18H,5-9,11-15H2,(H,22,28)(H,29,30)(H,31,32). The van der Waals surface area contributed by atoms with Crippen LogP contribution in [-0.2, 0) is 25.6 Å². The van der Waals surface area contributed by atoms with Crippen LogP contribution in [0.2, 0.25) is 0 Å². The fourth-order valence-electron chi connectivity index (χ4n) is 3.76. The minimum atomic E-state index is -1.06. The molecule has 0 aliphatic carbocycles. The Balaban J connectivity index is 2.09. The fourth-order valence-corrected chi connectivity index (χ4v) is 3.76. The van der Waals surface area contributed by atoms with E-state index in [0.717, 1.165) is 6.29 Å². The fraction of sp³-hybridized carbons (Fsp3) is 0.524. The van der Waals surface area contributed by atoms with Gasteiger partial charge in [0.25, 0.3) is 5.69 Å². The van der Waals surface area contributed by atoms with E-state index in [1.807, 2.05) is 0 Å². The predicted octanol–water partition coefficient (Wildman–Crippen LogP) is -1.09. The summed E-state index contributed by atoms with van der Waals surface area (Å²) in [7, 11) is 0. The summed E-state index contributed by atoms with van der Waals surface area (Å²) in [4.78, 5) is 61.6. The van der Waals surface area contributed by atoms with Crippen molar-refractivity contribution in [2.75, 3.05) is 58.9 Å². The highest BCUT2D eigenvalue weighted by Crippen LogP contribution is 2.12. The van der Waals surface area contributed by atoms with E-state index in [1.54, 1.807) is 14.7 Å². The molecular formula is C21H29N5O8. The Morgan fingerprint density at radius 1 is 1.03 bits per heavy atom. The van der Waals surface area contributed by atoms with Crippen LogP contribution in [0, 0.1) is 10.1 Å². The summed E-state index contributed by atoms with van der Waals surface area (Å²) in [5.41, 5.74) is 0.512. The van der Waals surface area contributed by atoms with Crippen LogP contribution < -0.4 is 5.32 Å². The number of carbonyl (C=O) groups excluding carboxylic acids is 2. The van der Waals surface area contributed by atoms with Gasteiger partial charge in [-0.3, -0.25) is 39.2 Å². The van der Waals surface area contributed by atoms with E-state index in [2.05, 4.69) is 5.32 Å². The lowest BCUT2D eigenvalue weighted by molar-refractivity contribution is -0.384. The van der Waals surface area contributed by atoms with Gasteiger partial charge in [0.2, 0.25) is 5.91 Å². The second-order valence-electron chi connectivity index (χ2n) is 8.02. The zero-order valence-corrected chi connectivity index (χ0v) is 18.7. The van der Waals surface area contributed by atoms with Crippen LogP contribution in [0.5, 0.6) is 0 Å². The lowest BCUT2D eigenvalue weighted by atomic mass is 10.1. The van der Waals surface area contributed by atoms with Crippen LogP contribution in [0.15, 0.2) is 24.3 Å². The monoisotopic (exact) mass is 479 g/mol. The van der Waals surface area contributed by atoms with Gasteiger partial charge in [-0.05, 0) is 5.56 Å². The number of aldehydes is 1. The summed E-state index contributed by atoms with van der Waals surface area (Å²) in [5.74, 6) is -2.40. The van der Waals surface area contributed by atoms with Crippen molar-refractivity contribution in [3.05, 3.63) is 39.9 Å². The Labute approximate surface area is 196 Å². The van der Waals surface area contributed by atoms with Crippen LogP contribution in [0.25, 0.3) is 0 Å². The van der Waals surface area contributed by atoms with Crippen LogP contribution in [0.4, 0.5) is 5.69 Å². The first-order chi connectivity index (χ1) is 16.2. The van der Waals surface area contributed by atoms with Gasteiger partial charge in [0, 0.05) is 57.4 Å². The summed E-state index contributed by atoms with van der Waals surface area (Å²) < 4.78 is 0. The van der Waals surface area contributed by atoms with Crippen molar-refractivity contribution in [2.24, 2.45) is 0 Å². The summed E-state index contributed by atoms with van der Waals surface area (Å²) in [6, 6.07) is 5.20. The molecule has 0 aromatic heterocycles. The molecule has 0 spiro atoms. The van der Waals surface area contributed by atoms with Gasteiger partial charge in [0.05, 0.1) is 31.0 Å². The molecule has 1 saturated heterocycles. The number of aliphatic carboxylic acids is 2. The molecule has 0 radical (unpaired) electrons. The van der Waals surface area contributed by atoms with Gasteiger partial charge in [-0.1, -0.05) is 12.1 Å². The Hall–Kier alpha value is -3.42. The van der Waals surface area contributed by atoms with Gasteiger partial charge in [-0.15, -0.1) is 0 Å². The van der Waals surface area contributed by atoms with Gasteiger partial charge in [-0.25, -0.2) is 0 Å². The largest absolute Gasteiger partial charge is 0.480 e. The third kappa shape index (κ3) is 9.21. The van der Waals surface area contributed by atoms with Gasteiger partial charge >= 0.3 is 11.9 Å². The lowest BCUT2D eigenvalue weighted by Crippen LogP contribution is -2.52. The maximum Gasteiger partial charge on any atom is 0.317 e. The highest BCUT2D eigenvalue weighted by Gasteiger charge is 2.27. The van der Waals surface area contributed by atoms with Crippen LogP contribution in [0.1, 0.15) is 5.56 Å². The van der Waals surface area contributed by atoms with Crippen LogP contribution in [0.3, 0.4) is 0 Å². The molecule has 1 aromatic rings. The number of benzene rings is 1. The number of amides is 1. The van der Waals surface area contributed by atoms with Crippen LogP contribution >= 0.6 is 0 Å². The molecule has 1 fully saturated rings. The van der Waals surface area contributed by atoms with Gasteiger partial charge < -0.3 is 20.3 Å². The molecule has 1 heterocycles. The molecule has 13 nitrogen and oxygen atoms in total. The molecule has 1 aliphatic heterocycles. The van der Waals surface area contributed by atoms with E-state index < -0.39 is 22.9 Å². The van der Waals surface area contributed by atoms with Crippen molar-refractivity contribution in [1.82, 2.24) is 20.0 Å². The van der Waals surface area contributed by atoms with Crippen molar-refractivity contribution >= 4 is 29.8 Å². The number of rotatable bonds is 11. The molecule has 1 unspecified atom stereocenters. The van der Waals surface area contributed by atoms with Gasteiger partial charge in [-0.2, -0.15) is 0 Å². The normalized spacial score (nSPS) is 18.3. The molecule has 186 valence electrons. The van der Waals surface area contributed by atoms with Crippen molar-refractivity contribution < 1.29 is 34.3 Å². The third-order valence-electron chi connectivity index (χ3n) is 5.50. The number of carbonyl (C=O) groups is 4. The highest BCUT2D eigenvalue weighted by atomic mass is 16.6. The Bertz CT molecular complexity index is 878. The zero-order valence-electron chi connectivity index (χ0n) is 18.7. The molecule has 34 heavy (non-hydrogen) atoms. The SMILES string of the molecule is O=CCN1CCN(CC(=O)O)CCN(CC(=O)O)C(CNC(=O)Cc2ccc([N+](=O)[O-])cc2)C1. The quantitative estimate of drug-likeness (QED) is 0.200. The van der Waals surface area contributed by atoms with Gasteiger partial charge in [0.1, 0.15) is 6.29 Å². The number of nitrogens with one attached hydrogen (secondary N) is 1. The first-order valence-electron chi connectivity index (χ1n) is 10.7. The summed E-state index contributed by atoms with van der Waals surface area (Å²) >= 11 is 0. The number of nitrogens with zero attached hydrogens (tertiary/aromatic N) is 4. The second-order valence-corrected chi connectivity index (χ2v) is 8.02. The molecule has 1 atom stereocenters. The van der Waals surface area contributed by atoms with Crippen molar-refractivity contribution in [1.29, 1.82) is 0 Å². The van der Waals surface area contributed by atoms with E-state index in [1.165, 1.54) is 24.3 Å². The average Bonchev–Trinajstić information content (AvgIpc) is 2.83. The number of nitro benzene ring substituents is 1. The molecule has 2 rings (SSSR count). The maximum atomic E-state index is 12.5. The lowest BCUT2D eigenvalue weighted by Gasteiger charge is -2.33. The average molecular weight is 479 g/mol. The number of hydrogen-bond donors (Lipinski definition) is 3. The van der Waals surface area contributed by atoms with E-state index in [0.29, 0.717) is 31.7 Å². The minimum Gasteiger partial charge on any atom is -0.480 e. The summed E-state index contributed by atoms with van der Waals surface area (Å²) in [5, 5.41) is 32.1. The first-order valence-corrected chi connectivity index (χ1v) is 10.7. The van der Waals surface area contributed by atoms with Crippen LogP contribution in [-0.4, -0.2) is 119 Å². The highest BCUT2D eigenvalue weighted by molar-refractivity contribution is 5.78. The molecule has 1 amide bonds. The Morgan fingerprint density at radius 2 is 1.65 bits per heavy atom. The molecular weight excluding hydrogens is 450 g/mol. The summed E-state index contributed by atoms with van der Waals surface area (Å²) in [6.45, 7) is 1.43. The smallest absolute Gasteiger partial charge is 0.317 e. The Morgan fingerprint density at radius 3 is 2.24 bits per heavy atom. The van der Waals surface area contributed by atoms with E-state index in [-0.39, 0.29) is 50.7 Å². The molecule has 13 heteroatoms. The molecule has 3 N–H and O–H groups in total. The number of hydrogen-bond acceptors (Lipinski definition) is 9. The molecule has 0 bridgehead atoms. The minimum absolute atomic E-state index is 0.00587. The predicted molar refractivity (Wildman–Crippen MR) is 119 cm³/mol. The Kier molecular flexibility index (Phi) is 10.5. The number of carboxylic acids is 2. The summed E-state index contributed by atoms with van der Waals surface area (Å²) in [6.07, 6.45) is 0.722. The number of nitro groups is 1. The zero-order chi connectivity index (χ0) is 25.1. The van der Waals surface area contributed by atoms with Crippen molar-refractivity contribution in [2.45, 2.75) is 12.5 Å². The number of carboxylic acid groups (broad SMARTS) is 2. The van der Waals surface area contributed by atoms with Gasteiger partial charge in [0.15, 0.2) is 0 Å². The third-order valence-corrected chi connectivity index (χ3v) is 5.50. The molecule has 0 saturated carbocycles. The maximum absolute atomic E-state index is 12.5. The van der Waals surface area contributed by atoms with E-state index in [4.69, 9.17) is 5.11 Å². The van der Waals surface area contributed by atoms with E-state index >= 15 is 0 Å². The topological polar surface area (TPSA) is 174 Å². The molecule has 1 aliphatic rings. The van der Waals surface area contributed by atoms with Crippen molar-refractivity contribution in [3.8, 4) is 0 Å². The van der Waals surface area contributed by atoms with Crippen molar-refractivity contribution in [3.63, 3.8) is 0 Å².